The molecule has 4 rings (SSSR count). The Bertz CT molecular complexity index is 841. The van der Waals surface area contributed by atoms with Crippen molar-refractivity contribution < 1.29 is 18.7 Å². The van der Waals surface area contributed by atoms with Crippen molar-refractivity contribution in [2.24, 2.45) is 11.8 Å². The van der Waals surface area contributed by atoms with E-state index in [1.807, 2.05) is 11.0 Å². The summed E-state index contributed by atoms with van der Waals surface area (Å²) in [5.41, 5.74) is 1.36. The highest BCUT2D eigenvalue weighted by Crippen LogP contribution is 2.43. The molecule has 2 aromatic rings. The number of rotatable bonds is 4. The van der Waals surface area contributed by atoms with Crippen LogP contribution in [0.4, 0.5) is 4.39 Å². The normalized spacial score (nSPS) is 23.1. The van der Waals surface area contributed by atoms with E-state index >= 15 is 0 Å². The van der Waals surface area contributed by atoms with Crippen LogP contribution in [0.15, 0.2) is 42.5 Å². The minimum atomic E-state index is -0.280. The summed E-state index contributed by atoms with van der Waals surface area (Å²) in [6, 6.07) is 11.6. The van der Waals surface area contributed by atoms with Gasteiger partial charge < -0.3 is 19.7 Å². The summed E-state index contributed by atoms with van der Waals surface area (Å²) >= 11 is 0. The number of likely N-dealkylation sites (tertiary alicyclic amines) is 1. The van der Waals surface area contributed by atoms with Crippen molar-refractivity contribution in [3.05, 3.63) is 59.4 Å². The molecule has 2 fully saturated rings. The van der Waals surface area contributed by atoms with Crippen molar-refractivity contribution in [3.63, 3.8) is 0 Å². The zero-order chi connectivity index (χ0) is 19.0. The lowest BCUT2D eigenvalue weighted by Crippen LogP contribution is -2.34. The summed E-state index contributed by atoms with van der Waals surface area (Å²) in [7, 11) is 3.12. The van der Waals surface area contributed by atoms with Crippen LogP contribution >= 0.6 is 12.4 Å². The molecule has 5 nitrogen and oxygen atoms in total. The predicted molar refractivity (Wildman–Crippen MR) is 107 cm³/mol. The van der Waals surface area contributed by atoms with Gasteiger partial charge in [-0.1, -0.05) is 12.1 Å². The summed E-state index contributed by atoms with van der Waals surface area (Å²) in [6.45, 7) is 2.36. The number of ether oxygens (including phenoxy) is 2. The van der Waals surface area contributed by atoms with Crippen LogP contribution in [0.3, 0.4) is 0 Å². The maximum atomic E-state index is 13.9. The standard InChI is InChI=1S/C21H23FN2O3.ClH/c1-26-17-7-14(8-18(9-17)27-2)21(25)24-12-15-10-23-11-19(15)20(24)13-4-3-5-16(22)6-13;/h3-9,15,19-20,23H,10-12H2,1-2H3;1H/t15-,19-,20+;/m0./s1. The molecule has 7 heteroatoms. The molecule has 28 heavy (non-hydrogen) atoms. The Kier molecular flexibility index (Phi) is 6.10. The number of benzene rings is 2. The van der Waals surface area contributed by atoms with Crippen LogP contribution in [-0.4, -0.2) is 44.7 Å². The molecule has 2 aromatic carbocycles. The van der Waals surface area contributed by atoms with E-state index in [9.17, 15) is 9.18 Å². The summed E-state index contributed by atoms with van der Waals surface area (Å²) < 4.78 is 24.5. The van der Waals surface area contributed by atoms with Gasteiger partial charge in [0.25, 0.3) is 5.91 Å². The third kappa shape index (κ3) is 3.66. The Morgan fingerprint density at radius 2 is 1.82 bits per heavy atom. The molecular formula is C21H24ClFN2O3. The van der Waals surface area contributed by atoms with Crippen molar-refractivity contribution in [2.45, 2.75) is 6.04 Å². The molecule has 0 aromatic heterocycles. The van der Waals surface area contributed by atoms with Gasteiger partial charge in [0.15, 0.2) is 0 Å². The zero-order valence-electron chi connectivity index (χ0n) is 15.9. The predicted octanol–water partition coefficient (Wildman–Crippen LogP) is 3.30. The van der Waals surface area contributed by atoms with E-state index in [-0.39, 0.29) is 36.1 Å². The quantitative estimate of drug-likeness (QED) is 0.846. The van der Waals surface area contributed by atoms with Crippen molar-refractivity contribution in [2.75, 3.05) is 33.9 Å². The second kappa shape index (κ2) is 8.37. The molecule has 0 spiro atoms. The molecule has 2 aliphatic heterocycles. The van der Waals surface area contributed by atoms with Gasteiger partial charge in [0.05, 0.1) is 20.3 Å². The second-order valence-corrected chi connectivity index (χ2v) is 7.14. The number of amides is 1. The molecule has 2 aliphatic rings. The summed E-state index contributed by atoms with van der Waals surface area (Å²) in [4.78, 5) is 15.3. The zero-order valence-corrected chi connectivity index (χ0v) is 16.7. The van der Waals surface area contributed by atoms with Gasteiger partial charge in [-0.15, -0.1) is 12.4 Å². The van der Waals surface area contributed by atoms with Crippen molar-refractivity contribution in [1.29, 1.82) is 0 Å². The van der Waals surface area contributed by atoms with Crippen LogP contribution in [0.1, 0.15) is 22.0 Å². The van der Waals surface area contributed by atoms with E-state index in [1.54, 1.807) is 38.5 Å². The Balaban J connectivity index is 0.00000225. The fourth-order valence-electron chi connectivity index (χ4n) is 4.34. The number of hydrogen-bond acceptors (Lipinski definition) is 4. The van der Waals surface area contributed by atoms with Gasteiger partial charge in [-0.2, -0.15) is 0 Å². The first kappa shape index (κ1) is 20.4. The van der Waals surface area contributed by atoms with Gasteiger partial charge in [-0.3, -0.25) is 4.79 Å². The lowest BCUT2D eigenvalue weighted by Gasteiger charge is -2.29. The third-order valence-electron chi connectivity index (χ3n) is 5.61. The van der Waals surface area contributed by atoms with Crippen LogP contribution < -0.4 is 14.8 Å². The van der Waals surface area contributed by atoms with Crippen LogP contribution in [0.25, 0.3) is 0 Å². The van der Waals surface area contributed by atoms with E-state index in [1.165, 1.54) is 12.1 Å². The average Bonchev–Trinajstić information content (AvgIpc) is 3.27. The number of nitrogens with zero attached hydrogens (tertiary/aromatic N) is 1. The van der Waals surface area contributed by atoms with E-state index < -0.39 is 0 Å². The largest absolute Gasteiger partial charge is 0.497 e. The molecule has 1 N–H and O–H groups in total. The summed E-state index contributed by atoms with van der Waals surface area (Å²) in [5.74, 6) is 1.42. The van der Waals surface area contributed by atoms with E-state index in [4.69, 9.17) is 9.47 Å². The Labute approximate surface area is 170 Å². The lowest BCUT2D eigenvalue weighted by atomic mass is 9.89. The highest BCUT2D eigenvalue weighted by atomic mass is 35.5. The molecule has 0 saturated carbocycles. The Morgan fingerprint density at radius 1 is 1.11 bits per heavy atom. The number of carbonyl (C=O) groups is 1. The summed E-state index contributed by atoms with van der Waals surface area (Å²) in [5, 5.41) is 3.40. The van der Waals surface area contributed by atoms with Crippen LogP contribution in [0.5, 0.6) is 11.5 Å². The molecule has 2 heterocycles. The van der Waals surface area contributed by atoms with Crippen molar-refractivity contribution in [3.8, 4) is 11.5 Å². The Morgan fingerprint density at radius 3 is 2.46 bits per heavy atom. The molecule has 0 aliphatic carbocycles. The number of nitrogens with one attached hydrogen (secondary N) is 1. The first-order valence-electron chi connectivity index (χ1n) is 9.11. The molecule has 0 radical (unpaired) electrons. The van der Waals surface area contributed by atoms with Crippen LogP contribution in [0, 0.1) is 17.7 Å². The molecule has 2 saturated heterocycles. The van der Waals surface area contributed by atoms with E-state index in [0.717, 1.165) is 18.7 Å². The molecular weight excluding hydrogens is 383 g/mol. The SMILES string of the molecule is COc1cc(OC)cc(C(=O)N2C[C@@H]3CNC[C@@H]3[C@H]2c2cccc(F)c2)c1.Cl. The number of methoxy groups -OCH3 is 2. The first-order valence-corrected chi connectivity index (χ1v) is 9.11. The molecule has 1 amide bonds. The van der Waals surface area contributed by atoms with Crippen LogP contribution in [0.2, 0.25) is 0 Å². The maximum absolute atomic E-state index is 13.9. The number of halogens is 2. The summed E-state index contributed by atoms with van der Waals surface area (Å²) in [6.07, 6.45) is 0. The number of carbonyl (C=O) groups excluding carboxylic acids is 1. The van der Waals surface area contributed by atoms with Crippen molar-refractivity contribution >= 4 is 18.3 Å². The molecule has 0 bridgehead atoms. The average molecular weight is 407 g/mol. The molecule has 0 unspecified atom stereocenters. The minimum absolute atomic E-state index is 0. The van der Waals surface area contributed by atoms with Gasteiger partial charge >= 0.3 is 0 Å². The fourth-order valence-corrected chi connectivity index (χ4v) is 4.34. The molecule has 150 valence electrons. The number of fused-ring (bicyclic) bond motifs is 1. The van der Waals surface area contributed by atoms with Gasteiger partial charge in [0.1, 0.15) is 17.3 Å². The Hall–Kier alpha value is -2.31. The monoisotopic (exact) mass is 406 g/mol. The van der Waals surface area contributed by atoms with Gasteiger partial charge in [-0.05, 0) is 35.7 Å². The first-order chi connectivity index (χ1) is 13.1. The minimum Gasteiger partial charge on any atom is -0.497 e. The molecule has 3 atom stereocenters. The van der Waals surface area contributed by atoms with E-state index in [2.05, 4.69) is 5.32 Å². The van der Waals surface area contributed by atoms with Gasteiger partial charge in [0.2, 0.25) is 0 Å². The lowest BCUT2D eigenvalue weighted by molar-refractivity contribution is 0.0713. The highest BCUT2D eigenvalue weighted by molar-refractivity contribution is 5.95. The topological polar surface area (TPSA) is 50.8 Å². The second-order valence-electron chi connectivity index (χ2n) is 7.14. The highest BCUT2D eigenvalue weighted by Gasteiger charge is 2.47. The maximum Gasteiger partial charge on any atom is 0.254 e. The third-order valence-corrected chi connectivity index (χ3v) is 5.61. The number of hydrogen-bond donors (Lipinski definition) is 1. The van der Waals surface area contributed by atoms with Crippen LogP contribution in [-0.2, 0) is 0 Å². The van der Waals surface area contributed by atoms with Crippen molar-refractivity contribution in [1.82, 2.24) is 10.2 Å². The van der Waals surface area contributed by atoms with Gasteiger partial charge in [-0.25, -0.2) is 4.39 Å². The smallest absolute Gasteiger partial charge is 0.254 e. The van der Waals surface area contributed by atoms with Gasteiger partial charge in [0, 0.05) is 37.2 Å². The van der Waals surface area contributed by atoms with E-state index in [0.29, 0.717) is 29.5 Å². The fraction of sp³-hybridized carbons (Fsp3) is 0.381.